The monoisotopic (exact) mass is 467 g/mol. The van der Waals surface area contributed by atoms with Crippen LogP contribution in [0.3, 0.4) is 0 Å². The molecule has 0 atom stereocenters. The van der Waals surface area contributed by atoms with Crippen LogP contribution in [0, 0.1) is 10.8 Å². The summed E-state index contributed by atoms with van der Waals surface area (Å²) in [5, 5.41) is 3.95. The molecule has 0 bridgehead atoms. The molecule has 0 aromatic heterocycles. The summed E-state index contributed by atoms with van der Waals surface area (Å²) >= 11 is 0. The molecule has 0 aliphatic heterocycles. The molecule has 182 valence electrons. The highest BCUT2D eigenvalue weighted by Gasteiger charge is 2.24. The van der Waals surface area contributed by atoms with Gasteiger partial charge in [-0.05, 0) is 29.4 Å². The number of Topliss-reactive ketones (excluding diaryl/α,β-unsaturated/α-hetero) is 2. The normalized spacial score (nSPS) is 12.3. The molecule has 0 N–H and O–H groups in total. The molecule has 2 aromatic rings. The summed E-state index contributed by atoms with van der Waals surface area (Å²) in [6, 6.07) is 12.9. The van der Waals surface area contributed by atoms with Gasteiger partial charge in [-0.1, -0.05) is 65.8 Å². The predicted molar refractivity (Wildman–Crippen MR) is 130 cm³/mol. The van der Waals surface area contributed by atoms with Gasteiger partial charge in [0.1, 0.15) is 6.61 Å². The minimum Gasteiger partial charge on any atom is -0.400 e. The molecule has 0 amide bonds. The van der Waals surface area contributed by atoms with Gasteiger partial charge in [-0.2, -0.15) is 0 Å². The van der Waals surface area contributed by atoms with E-state index in [1.165, 1.54) is 19.2 Å². The Morgan fingerprint density at radius 1 is 0.676 bits per heavy atom. The van der Waals surface area contributed by atoms with Gasteiger partial charge in [-0.15, -0.1) is 0 Å². The summed E-state index contributed by atoms with van der Waals surface area (Å²) in [5.74, 6) is -0.730. The molecule has 34 heavy (non-hydrogen) atoms. The lowest BCUT2D eigenvalue weighted by atomic mass is 9.86. The lowest BCUT2D eigenvalue weighted by Crippen LogP contribution is -2.21. The molecule has 0 aliphatic carbocycles. The third-order valence-electron chi connectivity index (χ3n) is 4.85. The molecule has 2 rings (SSSR count). The number of carbonyl (C=O) groups is 3. The summed E-state index contributed by atoms with van der Waals surface area (Å²) in [4.78, 5) is 42.9. The molecule has 0 unspecified atom stereocenters. The number of ether oxygens (including phenoxy) is 2. The summed E-state index contributed by atoms with van der Waals surface area (Å²) < 4.78 is 10.5. The largest absolute Gasteiger partial charge is 0.400 e. The summed E-state index contributed by atoms with van der Waals surface area (Å²) in [7, 11) is 1.53. The maximum Gasteiger partial charge on any atom is 0.344 e. The first-order valence-electron chi connectivity index (χ1n) is 11.1. The summed E-state index contributed by atoms with van der Waals surface area (Å²) in [5.41, 5.74) is 0.739. The molecule has 0 heterocycles. The molecular weight excluding hydrogens is 434 g/mol. The first-order chi connectivity index (χ1) is 15.8. The second-order valence-corrected chi connectivity index (χ2v) is 9.92. The molecule has 0 aliphatic rings. The van der Waals surface area contributed by atoms with Crippen LogP contribution in [0.25, 0.3) is 0 Å². The van der Waals surface area contributed by atoms with Crippen molar-refractivity contribution in [2.75, 3.05) is 20.3 Å². The van der Waals surface area contributed by atoms with Crippen molar-refractivity contribution >= 4 is 23.4 Å². The van der Waals surface area contributed by atoms with Crippen molar-refractivity contribution in [1.29, 1.82) is 0 Å². The molecular formula is C27H33NO6. The van der Waals surface area contributed by atoms with E-state index >= 15 is 0 Å². The zero-order valence-electron chi connectivity index (χ0n) is 20.9. The Morgan fingerprint density at radius 3 is 1.50 bits per heavy atom. The first-order valence-corrected chi connectivity index (χ1v) is 11.1. The van der Waals surface area contributed by atoms with Crippen molar-refractivity contribution in [3.8, 4) is 0 Å². The molecule has 0 saturated heterocycles. The number of hydrogen-bond acceptors (Lipinski definition) is 7. The highest BCUT2D eigenvalue weighted by molar-refractivity contribution is 6.06. The van der Waals surface area contributed by atoms with Crippen molar-refractivity contribution < 1.29 is 28.7 Å². The van der Waals surface area contributed by atoms with Gasteiger partial charge in [0.2, 0.25) is 0 Å². The highest BCUT2D eigenvalue weighted by Crippen LogP contribution is 2.22. The maximum atomic E-state index is 12.8. The Kier molecular flexibility index (Phi) is 8.87. The Labute approximate surface area is 201 Å². The number of rotatable bonds is 8. The van der Waals surface area contributed by atoms with Gasteiger partial charge in [-0.3, -0.25) is 9.59 Å². The van der Waals surface area contributed by atoms with E-state index in [4.69, 9.17) is 14.3 Å². The number of benzene rings is 2. The van der Waals surface area contributed by atoms with E-state index in [0.29, 0.717) is 23.3 Å². The van der Waals surface area contributed by atoms with Crippen LogP contribution in [-0.4, -0.2) is 43.8 Å². The van der Waals surface area contributed by atoms with Crippen LogP contribution >= 0.6 is 0 Å². The molecule has 7 heteroatoms. The van der Waals surface area contributed by atoms with Crippen LogP contribution in [0.5, 0.6) is 0 Å². The second kappa shape index (κ2) is 11.2. The van der Waals surface area contributed by atoms with Gasteiger partial charge >= 0.3 is 5.97 Å². The lowest BCUT2D eigenvalue weighted by molar-refractivity contribution is 0.0614. The lowest BCUT2D eigenvalue weighted by Gasteiger charge is -2.17. The zero-order chi connectivity index (χ0) is 25.5. The molecule has 0 fully saturated rings. The van der Waals surface area contributed by atoms with Gasteiger partial charge in [0.15, 0.2) is 11.6 Å². The van der Waals surface area contributed by atoms with Crippen LogP contribution in [0.4, 0.5) is 0 Å². The van der Waals surface area contributed by atoms with Gasteiger partial charge in [-0.25, -0.2) is 4.79 Å². The SMILES string of the molecule is COCCO/N=C(/OC(=O)c1ccc(C(=O)C(C)(C)C)cc1)c1ccc(C(=O)C(C)(C)C)cc1. The Balaban J connectivity index is 2.25. The van der Waals surface area contributed by atoms with E-state index in [1.54, 1.807) is 36.4 Å². The number of hydrogen-bond donors (Lipinski definition) is 0. The van der Waals surface area contributed by atoms with Crippen molar-refractivity contribution in [2.45, 2.75) is 41.5 Å². The Morgan fingerprint density at radius 2 is 1.09 bits per heavy atom. The fraction of sp³-hybridized carbons (Fsp3) is 0.407. The highest BCUT2D eigenvalue weighted by atomic mass is 16.7. The average molecular weight is 468 g/mol. The van der Waals surface area contributed by atoms with E-state index in [2.05, 4.69) is 5.16 Å². The Bertz CT molecular complexity index is 1040. The first kappa shape index (κ1) is 26.9. The maximum absolute atomic E-state index is 12.8. The number of nitrogens with zero attached hydrogens (tertiary/aromatic N) is 1. The van der Waals surface area contributed by atoms with E-state index in [9.17, 15) is 14.4 Å². The number of oxime groups is 1. The average Bonchev–Trinajstić information content (AvgIpc) is 2.79. The number of methoxy groups -OCH3 is 1. The van der Waals surface area contributed by atoms with E-state index in [1.807, 2.05) is 41.5 Å². The van der Waals surface area contributed by atoms with Crippen molar-refractivity contribution in [3.05, 3.63) is 70.8 Å². The fourth-order valence-corrected chi connectivity index (χ4v) is 2.89. The molecule has 7 nitrogen and oxygen atoms in total. The van der Waals surface area contributed by atoms with Crippen molar-refractivity contribution in [1.82, 2.24) is 0 Å². The quantitative estimate of drug-likeness (QED) is 0.130. The summed E-state index contributed by atoms with van der Waals surface area (Å²) in [6.45, 7) is 11.5. The van der Waals surface area contributed by atoms with E-state index in [-0.39, 0.29) is 29.6 Å². The fourth-order valence-electron chi connectivity index (χ4n) is 2.89. The molecule has 0 saturated carbocycles. The summed E-state index contributed by atoms with van der Waals surface area (Å²) in [6.07, 6.45) is 0. The van der Waals surface area contributed by atoms with Gasteiger partial charge in [0, 0.05) is 34.6 Å². The molecule has 2 aromatic carbocycles. The number of esters is 1. The van der Waals surface area contributed by atoms with E-state index in [0.717, 1.165) is 0 Å². The Hall–Kier alpha value is -3.32. The van der Waals surface area contributed by atoms with Crippen LogP contribution in [-0.2, 0) is 14.3 Å². The smallest absolute Gasteiger partial charge is 0.344 e. The zero-order valence-corrected chi connectivity index (χ0v) is 20.9. The van der Waals surface area contributed by atoms with Crippen molar-refractivity contribution in [2.24, 2.45) is 16.0 Å². The third kappa shape index (κ3) is 7.35. The molecule has 0 radical (unpaired) electrons. The van der Waals surface area contributed by atoms with E-state index < -0.39 is 16.8 Å². The van der Waals surface area contributed by atoms with Crippen LogP contribution < -0.4 is 0 Å². The predicted octanol–water partition coefficient (Wildman–Crippen LogP) is 5.33. The van der Waals surface area contributed by atoms with Crippen LogP contribution in [0.2, 0.25) is 0 Å². The van der Waals surface area contributed by atoms with Gasteiger partial charge < -0.3 is 14.3 Å². The number of carbonyl (C=O) groups excluding carboxylic acids is 3. The van der Waals surface area contributed by atoms with Gasteiger partial charge in [0.25, 0.3) is 5.90 Å². The second-order valence-electron chi connectivity index (χ2n) is 9.92. The van der Waals surface area contributed by atoms with Crippen LogP contribution in [0.15, 0.2) is 53.7 Å². The standard InChI is InChI=1S/C27H33NO6/c1-26(2,3)22(29)18-8-12-20(13-9-18)24(28-33-17-16-32-7)34-25(31)21-14-10-19(11-15-21)23(30)27(4,5)6/h8-15H,16-17H2,1-7H3/b28-24+. The minimum atomic E-state index is -0.654. The minimum absolute atomic E-state index is 0.00391. The number of ketones is 2. The topological polar surface area (TPSA) is 91.3 Å². The molecule has 0 spiro atoms. The third-order valence-corrected chi connectivity index (χ3v) is 4.85. The van der Waals surface area contributed by atoms with Gasteiger partial charge in [0.05, 0.1) is 12.2 Å². The van der Waals surface area contributed by atoms with Crippen molar-refractivity contribution in [3.63, 3.8) is 0 Å². The van der Waals surface area contributed by atoms with Crippen LogP contribution in [0.1, 0.15) is 78.2 Å².